The van der Waals surface area contributed by atoms with Gasteiger partial charge in [-0.05, 0) is 49.7 Å². The molecular weight excluding hydrogens is 333 g/mol. The Labute approximate surface area is 154 Å². The number of halogens is 1. The third-order valence-electron chi connectivity index (χ3n) is 6.04. The summed E-state index contributed by atoms with van der Waals surface area (Å²) in [5.41, 5.74) is 0.335. The zero-order valence-corrected chi connectivity index (χ0v) is 15.3. The minimum Gasteiger partial charge on any atom is -0.378 e. The van der Waals surface area contributed by atoms with Gasteiger partial charge in [0.15, 0.2) is 0 Å². The number of ether oxygens (including phenoxy) is 2. The van der Waals surface area contributed by atoms with Gasteiger partial charge in [-0.2, -0.15) is 0 Å². The van der Waals surface area contributed by atoms with Crippen LogP contribution in [0.3, 0.4) is 0 Å². The first-order valence-corrected chi connectivity index (χ1v) is 9.90. The molecule has 0 radical (unpaired) electrons. The van der Waals surface area contributed by atoms with Crippen LogP contribution in [0.4, 0.5) is 4.39 Å². The van der Waals surface area contributed by atoms with Crippen LogP contribution >= 0.6 is 0 Å². The van der Waals surface area contributed by atoms with Crippen LogP contribution in [0, 0.1) is 11.7 Å². The fourth-order valence-corrected chi connectivity index (χ4v) is 4.11. The molecule has 0 bridgehead atoms. The van der Waals surface area contributed by atoms with Gasteiger partial charge in [0.2, 0.25) is 5.91 Å². The third kappa shape index (κ3) is 4.26. The molecule has 5 heteroatoms. The number of piperidine rings is 1. The Morgan fingerprint density at radius 3 is 2.73 bits per heavy atom. The Hall–Kier alpha value is -1.46. The molecule has 4 nitrogen and oxygen atoms in total. The van der Waals surface area contributed by atoms with Gasteiger partial charge in [0.25, 0.3) is 0 Å². The molecule has 2 heterocycles. The molecule has 1 amide bonds. The number of benzene rings is 1. The first-order chi connectivity index (χ1) is 12.6. The lowest BCUT2D eigenvalue weighted by molar-refractivity contribution is -0.161. The number of carbonyl (C=O) groups is 1. The number of amides is 1. The lowest BCUT2D eigenvalue weighted by Gasteiger charge is -2.46. The van der Waals surface area contributed by atoms with Crippen molar-refractivity contribution in [3.63, 3.8) is 0 Å². The molecule has 1 unspecified atom stereocenters. The van der Waals surface area contributed by atoms with Gasteiger partial charge in [0.1, 0.15) is 5.82 Å². The number of likely N-dealkylation sites (tertiary alicyclic amines) is 1. The predicted octanol–water partition coefficient (Wildman–Crippen LogP) is 3.34. The van der Waals surface area contributed by atoms with E-state index in [2.05, 4.69) is 0 Å². The lowest BCUT2D eigenvalue weighted by Crippen LogP contribution is -2.52. The summed E-state index contributed by atoms with van der Waals surface area (Å²) in [5, 5.41) is 0. The Morgan fingerprint density at radius 1 is 1.23 bits per heavy atom. The summed E-state index contributed by atoms with van der Waals surface area (Å²) in [6.45, 7) is 3.01. The Bertz CT molecular complexity index is 638. The van der Waals surface area contributed by atoms with Crippen LogP contribution in [-0.2, 0) is 20.7 Å². The largest absolute Gasteiger partial charge is 0.378 e. The van der Waals surface area contributed by atoms with Crippen molar-refractivity contribution in [2.45, 2.75) is 56.7 Å². The molecule has 1 aliphatic carbocycles. The van der Waals surface area contributed by atoms with Gasteiger partial charge < -0.3 is 14.4 Å². The van der Waals surface area contributed by atoms with E-state index in [1.807, 2.05) is 4.90 Å². The summed E-state index contributed by atoms with van der Waals surface area (Å²) in [5.74, 6) is 0.481. The van der Waals surface area contributed by atoms with Gasteiger partial charge in [-0.25, -0.2) is 4.39 Å². The van der Waals surface area contributed by atoms with Gasteiger partial charge >= 0.3 is 0 Å². The molecule has 142 valence electrons. The molecule has 1 aromatic rings. The van der Waals surface area contributed by atoms with Gasteiger partial charge in [0, 0.05) is 32.7 Å². The molecule has 2 saturated heterocycles. The second-order valence-electron chi connectivity index (χ2n) is 8.07. The monoisotopic (exact) mass is 361 g/mol. The lowest BCUT2D eigenvalue weighted by atomic mass is 9.83. The molecule has 0 aromatic heterocycles. The summed E-state index contributed by atoms with van der Waals surface area (Å²) < 4.78 is 26.0. The number of carbonyl (C=O) groups excluding carboxylic acids is 1. The molecule has 1 atom stereocenters. The van der Waals surface area contributed by atoms with E-state index in [0.29, 0.717) is 24.8 Å². The molecule has 26 heavy (non-hydrogen) atoms. The SMILES string of the molecule is O=C(Cc1ccccc1F)N1CCC2(CC1)CC(OCC1CC1)CCO2. The number of hydrogen-bond donors (Lipinski definition) is 0. The highest BCUT2D eigenvalue weighted by atomic mass is 19.1. The average Bonchev–Trinajstić information content (AvgIpc) is 3.47. The van der Waals surface area contributed by atoms with Crippen LogP contribution in [-0.4, -0.2) is 48.8 Å². The maximum Gasteiger partial charge on any atom is 0.227 e. The van der Waals surface area contributed by atoms with Gasteiger partial charge in [-0.1, -0.05) is 18.2 Å². The quantitative estimate of drug-likeness (QED) is 0.807. The maximum absolute atomic E-state index is 13.8. The van der Waals surface area contributed by atoms with E-state index in [9.17, 15) is 9.18 Å². The van der Waals surface area contributed by atoms with Gasteiger partial charge in [-0.15, -0.1) is 0 Å². The van der Waals surface area contributed by atoms with Crippen molar-refractivity contribution in [3.05, 3.63) is 35.6 Å². The fourth-order valence-electron chi connectivity index (χ4n) is 4.11. The number of rotatable bonds is 5. The molecular formula is C21H28FNO3. The maximum atomic E-state index is 13.8. The Kier molecular flexibility index (Phi) is 5.28. The summed E-state index contributed by atoms with van der Waals surface area (Å²) in [4.78, 5) is 14.4. The fraction of sp³-hybridized carbons (Fsp3) is 0.667. The van der Waals surface area contributed by atoms with E-state index >= 15 is 0 Å². The standard InChI is InChI=1S/C21H28FNO3/c22-19-4-2-1-3-17(19)13-20(24)23-10-8-21(9-11-23)14-18(7-12-26-21)25-15-16-5-6-16/h1-4,16,18H,5-15H2. The van der Waals surface area contributed by atoms with Crippen molar-refractivity contribution >= 4 is 5.91 Å². The van der Waals surface area contributed by atoms with Gasteiger partial charge in [-0.3, -0.25) is 4.79 Å². The first-order valence-electron chi connectivity index (χ1n) is 9.90. The second kappa shape index (κ2) is 7.65. The van der Waals surface area contributed by atoms with Crippen molar-refractivity contribution in [1.29, 1.82) is 0 Å². The van der Waals surface area contributed by atoms with E-state index in [-0.39, 0.29) is 23.7 Å². The van der Waals surface area contributed by atoms with Crippen LogP contribution in [0.25, 0.3) is 0 Å². The van der Waals surface area contributed by atoms with Crippen LogP contribution < -0.4 is 0 Å². The minimum atomic E-state index is -0.305. The van der Waals surface area contributed by atoms with Crippen molar-refractivity contribution in [3.8, 4) is 0 Å². The average molecular weight is 361 g/mol. The molecule has 4 rings (SSSR count). The summed E-state index contributed by atoms with van der Waals surface area (Å²) in [6, 6.07) is 6.51. The van der Waals surface area contributed by atoms with Crippen molar-refractivity contribution in [2.24, 2.45) is 5.92 Å². The van der Waals surface area contributed by atoms with Crippen molar-refractivity contribution in [2.75, 3.05) is 26.3 Å². The Balaban J connectivity index is 1.28. The second-order valence-corrected chi connectivity index (χ2v) is 8.07. The Morgan fingerprint density at radius 2 is 2.00 bits per heavy atom. The van der Waals surface area contributed by atoms with E-state index in [0.717, 1.165) is 44.8 Å². The zero-order chi connectivity index (χ0) is 18.0. The third-order valence-corrected chi connectivity index (χ3v) is 6.04. The van der Waals surface area contributed by atoms with Crippen LogP contribution in [0.2, 0.25) is 0 Å². The molecule has 1 spiro atoms. The van der Waals surface area contributed by atoms with Crippen molar-refractivity contribution < 1.29 is 18.7 Å². The van der Waals surface area contributed by atoms with E-state index in [1.54, 1.807) is 18.2 Å². The van der Waals surface area contributed by atoms with Crippen LogP contribution in [0.1, 0.15) is 44.1 Å². The molecule has 1 aromatic carbocycles. The molecule has 1 saturated carbocycles. The van der Waals surface area contributed by atoms with Crippen LogP contribution in [0.5, 0.6) is 0 Å². The first kappa shape index (κ1) is 17.9. The smallest absolute Gasteiger partial charge is 0.227 e. The van der Waals surface area contributed by atoms with E-state index in [1.165, 1.54) is 18.9 Å². The highest BCUT2D eigenvalue weighted by Gasteiger charge is 2.41. The number of hydrogen-bond acceptors (Lipinski definition) is 3. The van der Waals surface area contributed by atoms with Crippen LogP contribution in [0.15, 0.2) is 24.3 Å². The topological polar surface area (TPSA) is 38.8 Å². The normalized spacial score (nSPS) is 25.4. The summed E-state index contributed by atoms with van der Waals surface area (Å²) >= 11 is 0. The predicted molar refractivity (Wildman–Crippen MR) is 96.3 cm³/mol. The molecule has 2 aliphatic heterocycles. The minimum absolute atomic E-state index is 0.00212. The number of nitrogens with zero attached hydrogens (tertiary/aromatic N) is 1. The zero-order valence-electron chi connectivity index (χ0n) is 15.3. The highest BCUT2D eigenvalue weighted by molar-refractivity contribution is 5.79. The summed E-state index contributed by atoms with van der Waals surface area (Å²) in [6.07, 6.45) is 6.66. The molecule has 3 fully saturated rings. The molecule has 0 N–H and O–H groups in total. The van der Waals surface area contributed by atoms with E-state index in [4.69, 9.17) is 9.47 Å². The van der Waals surface area contributed by atoms with E-state index < -0.39 is 0 Å². The van der Waals surface area contributed by atoms with Crippen molar-refractivity contribution in [1.82, 2.24) is 4.90 Å². The van der Waals surface area contributed by atoms with Gasteiger partial charge in [0.05, 0.1) is 18.1 Å². The molecule has 3 aliphatic rings. The summed E-state index contributed by atoms with van der Waals surface area (Å²) in [7, 11) is 0. The highest BCUT2D eigenvalue weighted by Crippen LogP contribution is 2.37.